The number of fused-ring (bicyclic) bond motifs is 1. The summed E-state index contributed by atoms with van der Waals surface area (Å²) < 4.78 is 1.25. The second-order valence-corrected chi connectivity index (χ2v) is 7.85. The Kier molecular flexibility index (Phi) is 6.43. The fourth-order valence-electron chi connectivity index (χ4n) is 3.70. The Hall–Kier alpha value is -5.29. The number of aromatic hydroxyl groups is 1. The average Bonchev–Trinajstić information content (AvgIpc) is 3.35. The van der Waals surface area contributed by atoms with Gasteiger partial charge in [-0.25, -0.2) is 9.97 Å². The molecule has 0 radical (unpaired) electrons. The zero-order valence-electron chi connectivity index (χ0n) is 19.2. The third kappa shape index (κ3) is 4.66. The van der Waals surface area contributed by atoms with Crippen LogP contribution in [0.15, 0.2) is 89.5 Å². The largest absolute Gasteiger partial charge is 0.505 e. The molecule has 3 aromatic carbocycles. The molecule has 182 valence electrons. The molecular formula is C26H19N7O4. The van der Waals surface area contributed by atoms with E-state index in [2.05, 4.69) is 30.6 Å². The van der Waals surface area contributed by atoms with Gasteiger partial charge in [-0.3, -0.25) is 9.59 Å². The maximum Gasteiger partial charge on any atom is 0.260 e. The van der Waals surface area contributed by atoms with Crippen molar-refractivity contribution in [1.82, 2.24) is 19.7 Å². The lowest BCUT2D eigenvalue weighted by Crippen LogP contribution is -2.12. The molecule has 0 aliphatic carbocycles. The standard InChI is InChI=1S/C26H19N7O4/c34-14-16-6-8-19(9-7-16)30-25(37)22-20-5-2-1-4-17(20)12-21(23(22)36)31-32-24-18(15-35)13-29-33(24)26-27-10-3-11-28-26/h1-13,15,34,36H,14H2,(H,30,37). The molecule has 0 saturated carbocycles. The first kappa shape index (κ1) is 23.5. The van der Waals surface area contributed by atoms with E-state index in [9.17, 15) is 19.8 Å². The van der Waals surface area contributed by atoms with Crippen LogP contribution in [0.3, 0.4) is 0 Å². The zero-order chi connectivity index (χ0) is 25.8. The van der Waals surface area contributed by atoms with Gasteiger partial charge in [0, 0.05) is 18.1 Å². The molecule has 37 heavy (non-hydrogen) atoms. The summed E-state index contributed by atoms with van der Waals surface area (Å²) in [5.41, 5.74) is 1.34. The van der Waals surface area contributed by atoms with Gasteiger partial charge in [0.1, 0.15) is 5.69 Å². The number of hydrogen-bond donors (Lipinski definition) is 3. The summed E-state index contributed by atoms with van der Waals surface area (Å²) in [4.78, 5) is 33.1. The average molecular weight is 493 g/mol. The molecule has 0 bridgehead atoms. The van der Waals surface area contributed by atoms with Crippen LogP contribution in [0, 0.1) is 0 Å². The number of carbonyl (C=O) groups is 2. The molecular weight excluding hydrogens is 474 g/mol. The minimum atomic E-state index is -0.557. The van der Waals surface area contributed by atoms with E-state index < -0.39 is 5.91 Å². The van der Waals surface area contributed by atoms with Gasteiger partial charge in [-0.05, 0) is 40.6 Å². The van der Waals surface area contributed by atoms with Crippen LogP contribution in [0.1, 0.15) is 26.3 Å². The van der Waals surface area contributed by atoms with Crippen molar-refractivity contribution in [2.45, 2.75) is 6.61 Å². The monoisotopic (exact) mass is 493 g/mol. The molecule has 0 unspecified atom stereocenters. The fourth-order valence-corrected chi connectivity index (χ4v) is 3.70. The summed E-state index contributed by atoms with van der Waals surface area (Å²) in [5.74, 6) is -0.705. The highest BCUT2D eigenvalue weighted by molar-refractivity contribution is 6.16. The number of nitrogens with one attached hydrogen (secondary N) is 1. The molecule has 2 heterocycles. The number of benzene rings is 3. The number of amides is 1. The smallest absolute Gasteiger partial charge is 0.260 e. The Labute approximate surface area is 209 Å². The zero-order valence-corrected chi connectivity index (χ0v) is 19.2. The number of nitrogens with zero attached hydrogens (tertiary/aromatic N) is 6. The maximum absolute atomic E-state index is 13.3. The van der Waals surface area contributed by atoms with Gasteiger partial charge in [-0.2, -0.15) is 9.78 Å². The van der Waals surface area contributed by atoms with Crippen LogP contribution in [-0.4, -0.2) is 42.2 Å². The summed E-state index contributed by atoms with van der Waals surface area (Å²) in [5, 5.41) is 36.7. The van der Waals surface area contributed by atoms with E-state index >= 15 is 0 Å². The first-order valence-electron chi connectivity index (χ1n) is 11.1. The van der Waals surface area contributed by atoms with Crippen molar-refractivity contribution in [2.24, 2.45) is 10.2 Å². The molecule has 11 nitrogen and oxygen atoms in total. The van der Waals surface area contributed by atoms with Crippen LogP contribution in [0.25, 0.3) is 16.7 Å². The van der Waals surface area contributed by atoms with Crippen molar-refractivity contribution < 1.29 is 19.8 Å². The second kappa shape index (κ2) is 10.1. The minimum absolute atomic E-state index is 0.00814. The number of azo groups is 1. The van der Waals surface area contributed by atoms with E-state index in [4.69, 9.17) is 0 Å². The molecule has 0 saturated heterocycles. The SMILES string of the molecule is O=Cc1cnn(-c2ncccn2)c1N=Nc1cc2ccccc2c(C(=O)Nc2ccc(CO)cc2)c1O. The number of carbonyl (C=O) groups excluding carboxylic acids is 2. The molecule has 0 spiro atoms. The molecule has 1 amide bonds. The van der Waals surface area contributed by atoms with E-state index in [0.717, 1.165) is 0 Å². The summed E-state index contributed by atoms with van der Waals surface area (Å²) in [6.45, 7) is -0.117. The van der Waals surface area contributed by atoms with E-state index in [1.165, 1.54) is 23.3 Å². The Bertz CT molecular complexity index is 1630. The van der Waals surface area contributed by atoms with E-state index in [1.54, 1.807) is 60.7 Å². The highest BCUT2D eigenvalue weighted by Gasteiger charge is 2.20. The lowest BCUT2D eigenvalue weighted by atomic mass is 10.0. The number of aliphatic hydroxyl groups excluding tert-OH is 1. The number of aromatic nitrogens is 4. The van der Waals surface area contributed by atoms with Crippen molar-refractivity contribution in [2.75, 3.05) is 5.32 Å². The third-order valence-corrected chi connectivity index (χ3v) is 5.52. The first-order valence-corrected chi connectivity index (χ1v) is 11.1. The molecule has 3 N–H and O–H groups in total. The Balaban J connectivity index is 1.57. The van der Waals surface area contributed by atoms with Crippen molar-refractivity contribution in [3.63, 3.8) is 0 Å². The normalized spacial score (nSPS) is 11.2. The number of aldehydes is 1. The van der Waals surface area contributed by atoms with Gasteiger partial charge in [0.2, 0.25) is 0 Å². The molecule has 0 aliphatic rings. The van der Waals surface area contributed by atoms with Crippen molar-refractivity contribution >= 4 is 40.2 Å². The molecule has 2 aromatic heterocycles. The highest BCUT2D eigenvalue weighted by Crippen LogP contribution is 2.38. The number of phenolic OH excluding ortho intramolecular Hbond substituents is 1. The summed E-state index contributed by atoms with van der Waals surface area (Å²) >= 11 is 0. The van der Waals surface area contributed by atoms with E-state index in [0.29, 0.717) is 28.3 Å². The molecule has 11 heteroatoms. The van der Waals surface area contributed by atoms with Crippen molar-refractivity contribution in [1.29, 1.82) is 0 Å². The number of hydrogen-bond acceptors (Lipinski definition) is 9. The molecule has 0 atom stereocenters. The second-order valence-electron chi connectivity index (χ2n) is 7.85. The molecule has 0 aliphatic heterocycles. The summed E-state index contributed by atoms with van der Waals surface area (Å²) in [7, 11) is 0. The summed E-state index contributed by atoms with van der Waals surface area (Å²) in [6, 6.07) is 16.9. The first-order chi connectivity index (χ1) is 18.1. The Morgan fingerprint density at radius 2 is 1.78 bits per heavy atom. The molecule has 0 fully saturated rings. The molecule has 5 rings (SSSR count). The highest BCUT2D eigenvalue weighted by atomic mass is 16.3. The van der Waals surface area contributed by atoms with Gasteiger partial charge < -0.3 is 15.5 Å². The van der Waals surface area contributed by atoms with Gasteiger partial charge in [0.15, 0.2) is 17.9 Å². The van der Waals surface area contributed by atoms with Crippen LogP contribution in [0.2, 0.25) is 0 Å². The van der Waals surface area contributed by atoms with Gasteiger partial charge in [0.05, 0.1) is 23.9 Å². The fraction of sp³-hybridized carbons (Fsp3) is 0.0385. The predicted molar refractivity (Wildman–Crippen MR) is 135 cm³/mol. The van der Waals surface area contributed by atoms with E-state index in [1.807, 2.05) is 0 Å². The van der Waals surface area contributed by atoms with Gasteiger partial charge in [-0.1, -0.05) is 36.4 Å². The van der Waals surface area contributed by atoms with Gasteiger partial charge in [0.25, 0.3) is 11.9 Å². The van der Waals surface area contributed by atoms with Crippen molar-refractivity contribution in [3.8, 4) is 11.7 Å². The maximum atomic E-state index is 13.3. The third-order valence-electron chi connectivity index (χ3n) is 5.52. The van der Waals surface area contributed by atoms with E-state index in [-0.39, 0.29) is 40.9 Å². The minimum Gasteiger partial charge on any atom is -0.505 e. The quantitative estimate of drug-likeness (QED) is 0.223. The van der Waals surface area contributed by atoms with Gasteiger partial charge in [-0.15, -0.1) is 10.2 Å². The lowest BCUT2D eigenvalue weighted by Gasteiger charge is -2.12. The number of anilines is 1. The Morgan fingerprint density at radius 3 is 2.51 bits per heavy atom. The Morgan fingerprint density at radius 1 is 1.03 bits per heavy atom. The number of aliphatic hydroxyl groups is 1. The number of rotatable bonds is 7. The van der Waals surface area contributed by atoms with Crippen LogP contribution in [-0.2, 0) is 6.61 Å². The number of phenols is 1. The summed E-state index contributed by atoms with van der Waals surface area (Å²) in [6.07, 6.45) is 4.91. The van der Waals surface area contributed by atoms with Gasteiger partial charge >= 0.3 is 0 Å². The van der Waals surface area contributed by atoms with Crippen LogP contribution < -0.4 is 5.32 Å². The van der Waals surface area contributed by atoms with Crippen LogP contribution in [0.4, 0.5) is 17.2 Å². The molecule has 5 aromatic rings. The van der Waals surface area contributed by atoms with Crippen LogP contribution in [0.5, 0.6) is 5.75 Å². The van der Waals surface area contributed by atoms with Crippen molar-refractivity contribution in [3.05, 3.63) is 95.9 Å². The lowest BCUT2D eigenvalue weighted by molar-refractivity contribution is 0.102. The topological polar surface area (TPSA) is 155 Å². The van der Waals surface area contributed by atoms with Crippen LogP contribution >= 0.6 is 0 Å². The predicted octanol–water partition coefficient (Wildman–Crippen LogP) is 4.49.